The van der Waals surface area contributed by atoms with Crippen LogP contribution in [0.5, 0.6) is 5.75 Å². The van der Waals surface area contributed by atoms with Crippen molar-refractivity contribution in [2.45, 2.75) is 52.9 Å². The van der Waals surface area contributed by atoms with E-state index in [9.17, 15) is 4.79 Å². The van der Waals surface area contributed by atoms with E-state index in [1.165, 1.54) is 0 Å². The van der Waals surface area contributed by atoms with Gasteiger partial charge in [0.05, 0.1) is 7.11 Å². The van der Waals surface area contributed by atoms with Crippen LogP contribution < -0.4 is 4.74 Å². The topological polar surface area (TPSA) is 26.3 Å². The van der Waals surface area contributed by atoms with Gasteiger partial charge in [-0.2, -0.15) is 0 Å². The van der Waals surface area contributed by atoms with Crippen LogP contribution in [0.3, 0.4) is 0 Å². The number of Topliss-reactive ketones (excluding diaryl/α,β-unsaturated/α-hetero) is 1. The Balaban J connectivity index is 3.21. The van der Waals surface area contributed by atoms with E-state index in [1.54, 1.807) is 14.0 Å². The van der Waals surface area contributed by atoms with Gasteiger partial charge in [-0.1, -0.05) is 18.5 Å². The molecule has 0 fully saturated rings. The van der Waals surface area contributed by atoms with Crippen LogP contribution in [0.2, 0.25) is 5.02 Å². The normalized spacial score (nSPS) is 12.3. The lowest BCUT2D eigenvalue weighted by Crippen LogP contribution is -2.06. The zero-order chi connectivity index (χ0) is 14.6. The molecule has 19 heavy (non-hydrogen) atoms. The average molecular weight is 283 g/mol. The molecule has 0 aliphatic carbocycles. The summed E-state index contributed by atoms with van der Waals surface area (Å²) in [5.41, 5.74) is 3.26. The van der Waals surface area contributed by atoms with E-state index in [0.29, 0.717) is 12.3 Å². The summed E-state index contributed by atoms with van der Waals surface area (Å²) in [5, 5.41) is 0.803. The molecule has 0 saturated carbocycles. The number of hydrogen-bond acceptors (Lipinski definition) is 2. The van der Waals surface area contributed by atoms with Crippen LogP contribution in [0.1, 0.15) is 55.7 Å². The largest absolute Gasteiger partial charge is 0.496 e. The molecule has 1 aromatic rings. The Morgan fingerprint density at radius 3 is 2.53 bits per heavy atom. The van der Waals surface area contributed by atoms with Gasteiger partial charge in [-0.3, -0.25) is 0 Å². The second kappa shape index (κ2) is 6.95. The van der Waals surface area contributed by atoms with E-state index in [4.69, 9.17) is 16.3 Å². The van der Waals surface area contributed by atoms with Crippen molar-refractivity contribution in [1.82, 2.24) is 0 Å². The average Bonchev–Trinajstić information content (AvgIpc) is 2.38. The highest BCUT2D eigenvalue weighted by atomic mass is 35.5. The van der Waals surface area contributed by atoms with E-state index in [0.717, 1.165) is 40.3 Å². The van der Waals surface area contributed by atoms with Gasteiger partial charge < -0.3 is 9.53 Å². The van der Waals surface area contributed by atoms with E-state index >= 15 is 0 Å². The van der Waals surface area contributed by atoms with Crippen LogP contribution in [-0.4, -0.2) is 12.9 Å². The fourth-order valence-corrected chi connectivity index (χ4v) is 2.70. The molecule has 2 nitrogen and oxygen atoms in total. The van der Waals surface area contributed by atoms with E-state index in [2.05, 4.69) is 6.92 Å². The number of ether oxygens (including phenoxy) is 1. The third-order valence-electron chi connectivity index (χ3n) is 3.66. The first-order valence-corrected chi connectivity index (χ1v) is 7.13. The molecule has 0 amide bonds. The highest BCUT2D eigenvalue weighted by Gasteiger charge is 2.20. The lowest BCUT2D eigenvalue weighted by molar-refractivity contribution is -0.117. The Kier molecular flexibility index (Phi) is 5.86. The number of benzene rings is 1. The summed E-state index contributed by atoms with van der Waals surface area (Å²) in [5.74, 6) is 1.43. The van der Waals surface area contributed by atoms with E-state index in [1.807, 2.05) is 19.9 Å². The molecule has 1 rings (SSSR count). The van der Waals surface area contributed by atoms with Gasteiger partial charge in [0.1, 0.15) is 11.5 Å². The highest BCUT2D eigenvalue weighted by molar-refractivity contribution is 6.32. The van der Waals surface area contributed by atoms with Crippen molar-refractivity contribution in [3.05, 3.63) is 27.8 Å². The molecule has 1 unspecified atom stereocenters. The van der Waals surface area contributed by atoms with Crippen molar-refractivity contribution < 1.29 is 9.53 Å². The maximum absolute atomic E-state index is 11.2. The van der Waals surface area contributed by atoms with Gasteiger partial charge in [-0.15, -0.1) is 0 Å². The lowest BCUT2D eigenvalue weighted by atomic mass is 9.86. The molecule has 1 aromatic carbocycles. The van der Waals surface area contributed by atoms with Crippen molar-refractivity contribution in [2.24, 2.45) is 0 Å². The minimum atomic E-state index is 0.230. The predicted octanol–water partition coefficient (Wildman–Crippen LogP) is 4.83. The molecule has 0 heterocycles. The maximum atomic E-state index is 11.2. The Morgan fingerprint density at radius 1 is 1.42 bits per heavy atom. The summed E-state index contributed by atoms with van der Waals surface area (Å²) >= 11 is 6.35. The van der Waals surface area contributed by atoms with Crippen molar-refractivity contribution in [2.75, 3.05) is 7.11 Å². The van der Waals surface area contributed by atoms with Gasteiger partial charge in [0, 0.05) is 17.0 Å². The molecule has 0 N–H and O–H groups in total. The molecule has 3 heteroatoms. The Morgan fingerprint density at radius 2 is 2.05 bits per heavy atom. The van der Waals surface area contributed by atoms with Gasteiger partial charge >= 0.3 is 0 Å². The fraction of sp³-hybridized carbons (Fsp3) is 0.562. The van der Waals surface area contributed by atoms with Gasteiger partial charge in [-0.05, 0) is 56.7 Å². The molecule has 0 bridgehead atoms. The summed E-state index contributed by atoms with van der Waals surface area (Å²) in [7, 11) is 1.68. The first-order chi connectivity index (χ1) is 8.92. The summed E-state index contributed by atoms with van der Waals surface area (Å²) in [4.78, 5) is 11.2. The summed E-state index contributed by atoms with van der Waals surface area (Å²) in [6.07, 6.45) is 2.43. The van der Waals surface area contributed by atoms with Crippen LogP contribution >= 0.6 is 11.6 Å². The van der Waals surface area contributed by atoms with Crippen LogP contribution in [-0.2, 0) is 4.79 Å². The van der Waals surface area contributed by atoms with E-state index in [-0.39, 0.29) is 5.78 Å². The molecular weight excluding hydrogens is 260 g/mol. The van der Waals surface area contributed by atoms with Gasteiger partial charge in [0.25, 0.3) is 0 Å². The van der Waals surface area contributed by atoms with E-state index < -0.39 is 0 Å². The third kappa shape index (κ3) is 3.73. The number of rotatable bonds is 6. The van der Waals surface area contributed by atoms with Crippen molar-refractivity contribution in [3.63, 3.8) is 0 Å². The third-order valence-corrected chi connectivity index (χ3v) is 4.24. The van der Waals surface area contributed by atoms with Gasteiger partial charge in [-0.25, -0.2) is 0 Å². The van der Waals surface area contributed by atoms with Crippen LogP contribution in [0, 0.1) is 13.8 Å². The highest BCUT2D eigenvalue weighted by Crippen LogP contribution is 2.39. The van der Waals surface area contributed by atoms with Crippen LogP contribution in [0.15, 0.2) is 6.07 Å². The fourth-order valence-electron chi connectivity index (χ4n) is 2.54. The predicted molar refractivity (Wildman–Crippen MR) is 80.4 cm³/mol. The zero-order valence-corrected chi connectivity index (χ0v) is 13.2. The first kappa shape index (κ1) is 16.0. The zero-order valence-electron chi connectivity index (χ0n) is 12.5. The molecule has 0 radical (unpaired) electrons. The Bertz CT molecular complexity index is 466. The number of hydrogen-bond donors (Lipinski definition) is 0. The molecule has 0 aromatic heterocycles. The Labute approximate surface area is 121 Å². The Hall–Kier alpha value is -1.02. The minimum Gasteiger partial charge on any atom is -0.496 e. The molecule has 1 atom stereocenters. The monoisotopic (exact) mass is 282 g/mol. The van der Waals surface area contributed by atoms with Crippen molar-refractivity contribution in [1.29, 1.82) is 0 Å². The number of ketones is 1. The number of carbonyl (C=O) groups excluding carboxylic acids is 1. The molecule has 0 aliphatic rings. The van der Waals surface area contributed by atoms with Crippen LogP contribution in [0.4, 0.5) is 0 Å². The molecular formula is C16H23ClO2. The number of methoxy groups -OCH3 is 1. The summed E-state index contributed by atoms with van der Waals surface area (Å²) in [6, 6.07) is 1.99. The standard InChI is InChI=1S/C16H23ClO2/c1-6-13(8-7-11(3)18)15-12(4)16(17)10(2)9-14(15)19-5/h9,13H,6-8H2,1-5H3. The lowest BCUT2D eigenvalue weighted by Gasteiger charge is -2.22. The maximum Gasteiger partial charge on any atom is 0.129 e. The molecule has 0 saturated heterocycles. The summed E-state index contributed by atoms with van der Waals surface area (Å²) in [6.45, 7) is 7.79. The van der Waals surface area contributed by atoms with Crippen LogP contribution in [0.25, 0.3) is 0 Å². The van der Waals surface area contributed by atoms with Crippen molar-refractivity contribution in [3.8, 4) is 5.75 Å². The number of carbonyl (C=O) groups is 1. The van der Waals surface area contributed by atoms with Gasteiger partial charge in [0.15, 0.2) is 0 Å². The quantitative estimate of drug-likeness (QED) is 0.747. The smallest absolute Gasteiger partial charge is 0.129 e. The number of aryl methyl sites for hydroxylation is 1. The molecule has 106 valence electrons. The summed E-state index contributed by atoms with van der Waals surface area (Å²) < 4.78 is 5.51. The van der Waals surface area contributed by atoms with Gasteiger partial charge in [0.2, 0.25) is 0 Å². The second-order valence-corrected chi connectivity index (χ2v) is 5.47. The second-order valence-electron chi connectivity index (χ2n) is 5.09. The molecule has 0 aliphatic heterocycles. The van der Waals surface area contributed by atoms with Crippen molar-refractivity contribution >= 4 is 17.4 Å². The number of halogens is 1. The SMILES string of the molecule is CCC(CCC(C)=O)c1c(OC)cc(C)c(Cl)c1C. The first-order valence-electron chi connectivity index (χ1n) is 6.75. The minimum absolute atomic E-state index is 0.230. The molecule has 0 spiro atoms.